The molecule has 0 aromatic rings. The summed E-state index contributed by atoms with van der Waals surface area (Å²) in [5, 5.41) is 11.3. The molecule has 2 atom stereocenters. The van der Waals surface area contributed by atoms with Gasteiger partial charge in [-0.25, -0.2) is 0 Å². The molecule has 0 heterocycles. The smallest absolute Gasteiger partial charge is 0.317 e. The van der Waals surface area contributed by atoms with E-state index < -0.39 is 14.3 Å². The van der Waals surface area contributed by atoms with E-state index in [4.69, 9.17) is 14.4 Å². The molecule has 0 spiro atoms. The lowest BCUT2D eigenvalue weighted by Gasteiger charge is -2.25. The maximum absolute atomic E-state index is 10.4. The number of nitrogens with one attached hydrogen (secondary N) is 1. The average molecular weight is 265 g/mol. The molecule has 0 amide bonds. The summed E-state index contributed by atoms with van der Waals surface area (Å²) in [7, 11) is 0.765. The lowest BCUT2D eigenvalue weighted by Crippen LogP contribution is -2.25. The first kappa shape index (κ1) is 16.8. The van der Waals surface area contributed by atoms with Crippen molar-refractivity contribution in [1.82, 2.24) is 5.09 Å². The predicted molar refractivity (Wildman–Crippen MR) is 69.3 cm³/mol. The van der Waals surface area contributed by atoms with Gasteiger partial charge in [0.15, 0.2) is 0 Å². The minimum Gasteiger partial charge on any atom is -0.480 e. The van der Waals surface area contributed by atoms with Crippen LogP contribution in [0, 0.1) is 5.41 Å². The Bertz CT molecular complexity index is 230. The largest absolute Gasteiger partial charge is 0.480 e. The fraction of sp³-hybridized carbons (Fsp3) is 0.909. The van der Waals surface area contributed by atoms with Crippen molar-refractivity contribution in [2.24, 2.45) is 5.41 Å². The highest BCUT2D eigenvalue weighted by atomic mass is 31.2. The molecule has 0 rings (SSSR count). The molecule has 0 aliphatic heterocycles. The second-order valence-corrected chi connectivity index (χ2v) is 6.71. The molecule has 0 aliphatic carbocycles. The second-order valence-electron chi connectivity index (χ2n) is 5.14. The first-order chi connectivity index (χ1) is 7.74. The Morgan fingerprint density at radius 2 is 2.06 bits per heavy atom. The normalized spacial score (nSPS) is 15.6. The van der Waals surface area contributed by atoms with Crippen LogP contribution in [0.1, 0.15) is 27.2 Å². The number of hydrogen-bond donors (Lipinski definition) is 2. The first-order valence-corrected chi connectivity index (χ1v) is 7.30. The van der Waals surface area contributed by atoms with E-state index in [1.807, 2.05) is 6.66 Å². The molecule has 0 saturated heterocycles. The van der Waals surface area contributed by atoms with Crippen molar-refractivity contribution in [1.29, 1.82) is 0 Å². The SMILES string of the molecule is COC(CO[P@](C)NCC(=O)O)CC(C)(C)C. The molecule has 1 unspecified atom stereocenters. The molecule has 0 aromatic carbocycles. The Kier molecular flexibility index (Phi) is 7.88. The van der Waals surface area contributed by atoms with Crippen molar-refractivity contribution < 1.29 is 19.2 Å². The Labute approximate surface area is 105 Å². The van der Waals surface area contributed by atoms with Gasteiger partial charge in [-0.05, 0) is 18.5 Å². The molecular weight excluding hydrogens is 241 g/mol. The molecule has 0 saturated carbocycles. The van der Waals surface area contributed by atoms with Gasteiger partial charge in [-0.3, -0.25) is 9.88 Å². The van der Waals surface area contributed by atoms with Gasteiger partial charge in [0.2, 0.25) is 0 Å². The molecule has 0 aromatic heterocycles. The van der Waals surface area contributed by atoms with Crippen LogP contribution in [0.15, 0.2) is 0 Å². The molecule has 0 aliphatic rings. The van der Waals surface area contributed by atoms with Crippen LogP contribution in [0.25, 0.3) is 0 Å². The van der Waals surface area contributed by atoms with Crippen molar-refractivity contribution in [2.75, 3.05) is 26.9 Å². The summed E-state index contributed by atoms with van der Waals surface area (Å²) in [6, 6.07) is 0. The molecular formula is C11H24NO4P. The van der Waals surface area contributed by atoms with E-state index in [1.165, 1.54) is 0 Å². The van der Waals surface area contributed by atoms with Gasteiger partial charge in [0.05, 0.1) is 27.6 Å². The average Bonchev–Trinajstić information content (AvgIpc) is 2.19. The second kappa shape index (κ2) is 7.98. The summed E-state index contributed by atoms with van der Waals surface area (Å²) < 4.78 is 10.9. The fourth-order valence-electron chi connectivity index (χ4n) is 1.31. The van der Waals surface area contributed by atoms with Crippen molar-refractivity contribution >= 4 is 14.3 Å². The van der Waals surface area contributed by atoms with Crippen molar-refractivity contribution in [3.63, 3.8) is 0 Å². The topological polar surface area (TPSA) is 67.8 Å². The number of rotatable bonds is 8. The number of methoxy groups -OCH3 is 1. The van der Waals surface area contributed by atoms with Crippen LogP contribution in [-0.4, -0.2) is 44.1 Å². The first-order valence-electron chi connectivity index (χ1n) is 5.59. The highest BCUT2D eigenvalue weighted by Crippen LogP contribution is 2.28. The Hall–Kier alpha value is -0.220. The van der Waals surface area contributed by atoms with Crippen molar-refractivity contribution in [3.05, 3.63) is 0 Å². The van der Waals surface area contributed by atoms with Crippen molar-refractivity contribution in [2.45, 2.75) is 33.3 Å². The monoisotopic (exact) mass is 265 g/mol. The number of hydrogen-bond acceptors (Lipinski definition) is 4. The van der Waals surface area contributed by atoms with Crippen LogP contribution in [0.3, 0.4) is 0 Å². The van der Waals surface area contributed by atoms with E-state index in [2.05, 4.69) is 25.9 Å². The predicted octanol–water partition coefficient (Wildman–Crippen LogP) is 2.07. The number of carbonyl (C=O) groups is 1. The van der Waals surface area contributed by atoms with E-state index in [0.29, 0.717) is 6.61 Å². The van der Waals surface area contributed by atoms with Crippen LogP contribution in [-0.2, 0) is 14.1 Å². The highest BCUT2D eigenvalue weighted by Gasteiger charge is 2.19. The van der Waals surface area contributed by atoms with E-state index in [-0.39, 0.29) is 18.1 Å². The number of carboxylic acid groups (broad SMARTS) is 1. The molecule has 0 bridgehead atoms. The summed E-state index contributed by atoms with van der Waals surface area (Å²) in [6.45, 7) is 8.72. The van der Waals surface area contributed by atoms with E-state index in [9.17, 15) is 4.79 Å². The van der Waals surface area contributed by atoms with Crippen LogP contribution in [0.2, 0.25) is 0 Å². The van der Waals surface area contributed by atoms with Gasteiger partial charge in [0.25, 0.3) is 0 Å². The van der Waals surface area contributed by atoms with Gasteiger partial charge in [0, 0.05) is 7.11 Å². The van der Waals surface area contributed by atoms with Gasteiger partial charge in [-0.1, -0.05) is 20.8 Å². The van der Waals surface area contributed by atoms with Gasteiger partial charge < -0.3 is 14.4 Å². The zero-order chi connectivity index (χ0) is 13.5. The number of ether oxygens (including phenoxy) is 1. The molecule has 2 N–H and O–H groups in total. The van der Waals surface area contributed by atoms with E-state index >= 15 is 0 Å². The summed E-state index contributed by atoms with van der Waals surface area (Å²) >= 11 is 0. The maximum atomic E-state index is 10.4. The van der Waals surface area contributed by atoms with Crippen LogP contribution in [0.5, 0.6) is 0 Å². The number of carboxylic acids is 1. The van der Waals surface area contributed by atoms with Gasteiger partial charge in [0.1, 0.15) is 0 Å². The van der Waals surface area contributed by atoms with Crippen LogP contribution < -0.4 is 5.09 Å². The molecule has 6 heteroatoms. The van der Waals surface area contributed by atoms with Gasteiger partial charge in [-0.2, -0.15) is 0 Å². The summed E-state index contributed by atoms with van der Waals surface area (Å²) in [6.07, 6.45) is 0.956. The van der Waals surface area contributed by atoms with E-state index in [0.717, 1.165) is 6.42 Å². The minimum atomic E-state index is -0.904. The fourth-order valence-corrected chi connectivity index (χ4v) is 2.15. The van der Waals surface area contributed by atoms with Gasteiger partial charge >= 0.3 is 5.97 Å². The highest BCUT2D eigenvalue weighted by molar-refractivity contribution is 7.49. The third kappa shape index (κ3) is 10.6. The lowest BCUT2D eigenvalue weighted by molar-refractivity contribution is -0.135. The van der Waals surface area contributed by atoms with Gasteiger partial charge in [-0.15, -0.1) is 0 Å². The number of aliphatic carboxylic acids is 1. The Morgan fingerprint density at radius 1 is 1.47 bits per heavy atom. The third-order valence-corrected chi connectivity index (χ3v) is 3.22. The van der Waals surface area contributed by atoms with E-state index in [1.54, 1.807) is 7.11 Å². The standard InChI is InChI=1S/C11H24NO4P/c1-11(2,3)6-9(15-4)8-16-17(5)12-7-10(13)14/h9,12H,6-8H2,1-5H3,(H,13,14)/t9?,17-/m1/s1. The molecule has 0 radical (unpaired) electrons. The van der Waals surface area contributed by atoms with Crippen LogP contribution >= 0.6 is 8.30 Å². The summed E-state index contributed by atoms with van der Waals surface area (Å²) in [4.78, 5) is 10.4. The summed E-state index contributed by atoms with van der Waals surface area (Å²) in [5.74, 6) is -0.874. The van der Waals surface area contributed by atoms with Crippen molar-refractivity contribution in [3.8, 4) is 0 Å². The molecule has 102 valence electrons. The molecule has 17 heavy (non-hydrogen) atoms. The quantitative estimate of drug-likeness (QED) is 0.658. The molecule has 5 nitrogen and oxygen atoms in total. The zero-order valence-corrected chi connectivity index (χ0v) is 12.2. The Balaban J connectivity index is 3.86. The van der Waals surface area contributed by atoms with Crippen LogP contribution in [0.4, 0.5) is 0 Å². The maximum Gasteiger partial charge on any atom is 0.317 e. The zero-order valence-electron chi connectivity index (χ0n) is 11.3. The minimum absolute atomic E-state index is 0.0478. The molecule has 0 fully saturated rings. The third-order valence-electron chi connectivity index (χ3n) is 2.08. The summed E-state index contributed by atoms with van der Waals surface area (Å²) in [5.41, 5.74) is 0.190. The Morgan fingerprint density at radius 3 is 2.47 bits per heavy atom. The lowest BCUT2D eigenvalue weighted by atomic mass is 9.89.